The van der Waals surface area contributed by atoms with Crippen LogP contribution in [0.2, 0.25) is 0 Å². The summed E-state index contributed by atoms with van der Waals surface area (Å²) in [6.07, 6.45) is 0. The van der Waals surface area contributed by atoms with Crippen molar-refractivity contribution in [2.24, 2.45) is 0 Å². The molecule has 0 spiro atoms. The van der Waals surface area contributed by atoms with E-state index in [9.17, 15) is 0 Å². The number of aromatic nitrogens is 1. The molecule has 4 heteroatoms. The van der Waals surface area contributed by atoms with Gasteiger partial charge in [-0.05, 0) is 35.9 Å². The van der Waals surface area contributed by atoms with Gasteiger partial charge in [0.25, 0.3) is 0 Å². The maximum atomic E-state index is 6.50. The van der Waals surface area contributed by atoms with Crippen molar-refractivity contribution in [3.8, 4) is 39.1 Å². The average Bonchev–Trinajstić information content (AvgIpc) is 4.05. The van der Waals surface area contributed by atoms with Crippen molar-refractivity contribution in [3.63, 3.8) is 0 Å². The minimum Gasteiger partial charge on any atom is -0.455 e. The Kier molecular flexibility index (Phi) is 6.79. The second kappa shape index (κ2) is 12.3. The molecule has 13 rings (SSSR count). The van der Waals surface area contributed by atoms with Gasteiger partial charge in [0.2, 0.25) is 0 Å². The van der Waals surface area contributed by atoms with Crippen LogP contribution < -0.4 is 0 Å². The number of nitrogens with zero attached hydrogens (tertiary/aromatic N) is 1. The van der Waals surface area contributed by atoms with E-state index in [4.69, 9.17) is 4.42 Å². The highest BCUT2D eigenvalue weighted by Gasteiger charge is 2.23. The molecule has 0 atom stereocenters. The highest BCUT2D eigenvalue weighted by atomic mass is 32.1. The number of hydrogen-bond acceptors (Lipinski definition) is 3. The van der Waals surface area contributed by atoms with Crippen LogP contribution in [0.25, 0.3) is 123 Å². The summed E-state index contributed by atoms with van der Waals surface area (Å²) < 4.78 is 14.3. The molecule has 0 fully saturated rings. The largest absolute Gasteiger partial charge is 0.455 e. The second-order valence-corrected chi connectivity index (χ2v) is 17.2. The van der Waals surface area contributed by atoms with Gasteiger partial charge in [0, 0.05) is 95.4 Å². The molecule has 58 heavy (non-hydrogen) atoms. The predicted octanol–water partition coefficient (Wildman–Crippen LogP) is 16.4. The molecule has 0 unspecified atom stereocenters. The summed E-state index contributed by atoms with van der Waals surface area (Å²) in [6, 6.07) is 68.9. The lowest BCUT2D eigenvalue weighted by Gasteiger charge is -2.15. The van der Waals surface area contributed by atoms with Crippen LogP contribution in [0.3, 0.4) is 0 Å². The molecule has 0 saturated carbocycles. The molecule has 270 valence electrons. The van der Waals surface area contributed by atoms with Crippen molar-refractivity contribution in [2.45, 2.75) is 0 Å². The van der Waals surface area contributed by atoms with E-state index in [0.29, 0.717) is 0 Å². The molecule has 9 aromatic carbocycles. The zero-order valence-corrected chi connectivity index (χ0v) is 32.7. The summed E-state index contributed by atoms with van der Waals surface area (Å²) in [6.45, 7) is 0. The zero-order valence-electron chi connectivity index (χ0n) is 31.1. The van der Waals surface area contributed by atoms with Gasteiger partial charge in [-0.25, -0.2) is 0 Å². The van der Waals surface area contributed by atoms with E-state index in [-0.39, 0.29) is 0 Å². The first-order valence-electron chi connectivity index (χ1n) is 19.7. The molecule has 0 bridgehead atoms. The van der Waals surface area contributed by atoms with Crippen LogP contribution in [0, 0.1) is 0 Å². The van der Waals surface area contributed by atoms with Crippen LogP contribution in [-0.4, -0.2) is 4.57 Å². The molecule has 0 amide bonds. The number of rotatable bonds is 4. The van der Waals surface area contributed by atoms with Crippen molar-refractivity contribution in [2.75, 3.05) is 0 Å². The number of benzene rings is 9. The Balaban J connectivity index is 1.11. The molecular formula is C54H31NOS2. The number of hydrogen-bond donors (Lipinski definition) is 0. The number of thiophene rings is 2. The van der Waals surface area contributed by atoms with Crippen molar-refractivity contribution in [1.82, 2.24) is 4.57 Å². The maximum Gasteiger partial charge on any atom is 0.143 e. The molecule has 0 aliphatic heterocycles. The monoisotopic (exact) mass is 773 g/mol. The van der Waals surface area contributed by atoms with Crippen LogP contribution in [0.4, 0.5) is 0 Å². The third kappa shape index (κ3) is 4.53. The summed E-state index contributed by atoms with van der Waals surface area (Å²) in [7, 11) is 0. The lowest BCUT2D eigenvalue weighted by atomic mass is 9.98. The van der Waals surface area contributed by atoms with E-state index >= 15 is 0 Å². The van der Waals surface area contributed by atoms with Gasteiger partial charge >= 0.3 is 0 Å². The van der Waals surface area contributed by atoms with Gasteiger partial charge in [0.1, 0.15) is 11.2 Å². The minimum absolute atomic E-state index is 0.911. The van der Waals surface area contributed by atoms with E-state index in [0.717, 1.165) is 38.8 Å². The topological polar surface area (TPSA) is 18.1 Å². The van der Waals surface area contributed by atoms with E-state index in [1.807, 2.05) is 28.7 Å². The SMILES string of the molecule is c1ccc2c(c1)oc1c(-c3ccc(-n4c5c(-c6cccc7c6sc6ccccc67)cccc5c5cccc(-c6cccc7c6sc6ccccc67)c54)cc3)cccc12. The van der Waals surface area contributed by atoms with Crippen LogP contribution in [-0.2, 0) is 0 Å². The van der Waals surface area contributed by atoms with Crippen molar-refractivity contribution in [1.29, 1.82) is 0 Å². The van der Waals surface area contributed by atoms with Gasteiger partial charge < -0.3 is 8.98 Å². The Labute approximate surface area is 341 Å². The third-order valence-electron chi connectivity index (χ3n) is 12.0. The molecule has 13 aromatic rings. The Morgan fingerprint density at radius 2 is 0.776 bits per heavy atom. The third-order valence-corrected chi connectivity index (χ3v) is 14.5. The van der Waals surface area contributed by atoms with Gasteiger partial charge in [-0.1, -0.05) is 158 Å². The van der Waals surface area contributed by atoms with Crippen LogP contribution in [0.5, 0.6) is 0 Å². The predicted molar refractivity (Wildman–Crippen MR) is 250 cm³/mol. The Bertz CT molecular complexity index is 3630. The maximum absolute atomic E-state index is 6.50. The highest BCUT2D eigenvalue weighted by Crippen LogP contribution is 2.48. The molecule has 0 aliphatic rings. The summed E-state index contributed by atoms with van der Waals surface area (Å²) in [5.74, 6) is 0. The molecule has 4 heterocycles. The highest BCUT2D eigenvalue weighted by molar-refractivity contribution is 7.26. The van der Waals surface area contributed by atoms with Gasteiger partial charge in [-0.15, -0.1) is 22.7 Å². The van der Waals surface area contributed by atoms with Gasteiger partial charge in [0.15, 0.2) is 0 Å². The second-order valence-electron chi connectivity index (χ2n) is 15.1. The fraction of sp³-hybridized carbons (Fsp3) is 0. The lowest BCUT2D eigenvalue weighted by Crippen LogP contribution is -1.97. The van der Waals surface area contributed by atoms with Crippen molar-refractivity contribution in [3.05, 3.63) is 188 Å². The quantitative estimate of drug-likeness (QED) is 0.174. The lowest BCUT2D eigenvalue weighted by molar-refractivity contribution is 0.670. The fourth-order valence-electron chi connectivity index (χ4n) is 9.49. The van der Waals surface area contributed by atoms with E-state index < -0.39 is 0 Å². The van der Waals surface area contributed by atoms with Crippen LogP contribution >= 0.6 is 22.7 Å². The van der Waals surface area contributed by atoms with Crippen LogP contribution in [0.1, 0.15) is 0 Å². The minimum atomic E-state index is 0.911. The van der Waals surface area contributed by atoms with Gasteiger partial charge in [-0.2, -0.15) is 0 Å². The molecule has 0 saturated heterocycles. The van der Waals surface area contributed by atoms with E-state index in [2.05, 4.69) is 187 Å². The molecular weight excluding hydrogens is 743 g/mol. The summed E-state index contributed by atoms with van der Waals surface area (Å²) in [5.41, 5.74) is 12.6. The van der Waals surface area contributed by atoms with Gasteiger partial charge in [0.05, 0.1) is 11.0 Å². The molecule has 0 aliphatic carbocycles. The summed E-state index contributed by atoms with van der Waals surface area (Å²) >= 11 is 3.78. The molecule has 0 radical (unpaired) electrons. The normalized spacial score (nSPS) is 12.1. The summed E-state index contributed by atoms with van der Waals surface area (Å²) in [4.78, 5) is 0. The first kappa shape index (κ1) is 32.1. The average molecular weight is 774 g/mol. The van der Waals surface area contributed by atoms with Crippen molar-refractivity contribution >= 4 is 107 Å². The number of fused-ring (bicyclic) bond motifs is 12. The smallest absolute Gasteiger partial charge is 0.143 e. The Hall–Kier alpha value is -6.98. The zero-order chi connectivity index (χ0) is 37.9. The molecule has 0 N–H and O–H groups in total. The standard InChI is InChI=1S/C54H31NOS2/c1-4-25-47-35(12-1)42-20-7-15-34(52(42)56-47)32-28-30-33(31-29-32)55-50-38(16-8-18-40(50)45-23-10-21-43-36-13-2-5-26-48(36)57-53(43)45)39-17-9-19-41(51(39)55)46-24-11-22-44-37-14-3-6-27-49(37)58-54(44)46/h1-31H. The molecule has 2 nitrogen and oxygen atoms in total. The fourth-order valence-corrected chi connectivity index (χ4v) is 12.0. The first-order valence-corrected chi connectivity index (χ1v) is 21.3. The van der Waals surface area contributed by atoms with Crippen molar-refractivity contribution < 1.29 is 4.42 Å². The number of furan rings is 1. The Morgan fingerprint density at radius 3 is 1.36 bits per heavy atom. The Morgan fingerprint density at radius 1 is 0.328 bits per heavy atom. The number of para-hydroxylation sites is 4. The van der Waals surface area contributed by atoms with E-state index in [1.54, 1.807) is 0 Å². The first-order chi connectivity index (χ1) is 28.8. The van der Waals surface area contributed by atoms with Gasteiger partial charge in [-0.3, -0.25) is 0 Å². The molecule has 4 aromatic heterocycles. The van der Waals surface area contributed by atoms with Crippen LogP contribution in [0.15, 0.2) is 192 Å². The van der Waals surface area contributed by atoms with E-state index in [1.165, 1.54) is 84.4 Å². The summed E-state index contributed by atoms with van der Waals surface area (Å²) in [5, 5.41) is 10.00.